The summed E-state index contributed by atoms with van der Waals surface area (Å²) in [5, 5.41) is 3.04. The topological polar surface area (TPSA) is 67.6 Å². The lowest BCUT2D eigenvalue weighted by Gasteiger charge is -2.21. The molecule has 3 aromatic carbocycles. The van der Waals surface area contributed by atoms with Crippen LogP contribution in [0, 0.1) is 0 Å². The van der Waals surface area contributed by atoms with Gasteiger partial charge in [-0.2, -0.15) is 0 Å². The Morgan fingerprint density at radius 2 is 1.83 bits per heavy atom. The molecule has 2 heterocycles. The molecule has 146 valence electrons. The zero-order valence-electron chi connectivity index (χ0n) is 16.0. The molecule has 0 unspecified atom stereocenters. The molecule has 0 radical (unpaired) electrons. The summed E-state index contributed by atoms with van der Waals surface area (Å²) in [7, 11) is -3.36. The van der Waals surface area contributed by atoms with Crippen LogP contribution in [0.2, 0.25) is 0 Å². The number of nitrogens with zero attached hydrogens (tertiary/aromatic N) is 1. The maximum Gasteiger partial charge on any atom is 0.232 e. The van der Waals surface area contributed by atoms with E-state index in [2.05, 4.69) is 0 Å². The Hall–Kier alpha value is -3.12. The van der Waals surface area contributed by atoms with Crippen molar-refractivity contribution in [1.82, 2.24) is 0 Å². The molecule has 5 nitrogen and oxygen atoms in total. The molecule has 0 bridgehead atoms. The molecule has 1 atom stereocenters. The summed E-state index contributed by atoms with van der Waals surface area (Å²) in [6, 6.07) is 18.6. The number of rotatable bonds is 3. The third kappa shape index (κ3) is 2.83. The molecule has 0 amide bonds. The van der Waals surface area contributed by atoms with E-state index in [4.69, 9.17) is 4.42 Å². The van der Waals surface area contributed by atoms with E-state index in [1.54, 1.807) is 24.3 Å². The Labute approximate surface area is 168 Å². The van der Waals surface area contributed by atoms with Crippen molar-refractivity contribution in [3.63, 3.8) is 0 Å². The van der Waals surface area contributed by atoms with Crippen molar-refractivity contribution < 1.29 is 17.6 Å². The lowest BCUT2D eigenvalue weighted by Crippen LogP contribution is -2.34. The first-order chi connectivity index (χ1) is 13.8. The van der Waals surface area contributed by atoms with Gasteiger partial charge in [0.2, 0.25) is 15.8 Å². The van der Waals surface area contributed by atoms with Crippen LogP contribution in [-0.2, 0) is 16.4 Å². The van der Waals surface area contributed by atoms with Crippen LogP contribution < -0.4 is 4.31 Å². The minimum Gasteiger partial charge on any atom is -0.453 e. The smallest absolute Gasteiger partial charge is 0.232 e. The number of sulfonamides is 1. The van der Waals surface area contributed by atoms with Gasteiger partial charge in [-0.3, -0.25) is 9.10 Å². The van der Waals surface area contributed by atoms with Gasteiger partial charge in [0.25, 0.3) is 0 Å². The highest BCUT2D eigenvalue weighted by atomic mass is 32.2. The highest BCUT2D eigenvalue weighted by Gasteiger charge is 2.33. The second-order valence-electron chi connectivity index (χ2n) is 7.59. The van der Waals surface area contributed by atoms with Gasteiger partial charge in [-0.25, -0.2) is 8.42 Å². The highest BCUT2D eigenvalue weighted by molar-refractivity contribution is 7.92. The van der Waals surface area contributed by atoms with Gasteiger partial charge >= 0.3 is 0 Å². The fourth-order valence-electron chi connectivity index (χ4n) is 4.30. The van der Waals surface area contributed by atoms with Crippen molar-refractivity contribution in [2.24, 2.45) is 0 Å². The maximum atomic E-state index is 13.1. The zero-order chi connectivity index (χ0) is 20.3. The Kier molecular flexibility index (Phi) is 3.83. The number of ketones is 1. The molecular formula is C23H19NO4S. The monoisotopic (exact) mass is 405 g/mol. The molecule has 0 aliphatic carbocycles. The molecule has 0 fully saturated rings. The molecule has 1 aliphatic rings. The molecule has 5 rings (SSSR count). The van der Waals surface area contributed by atoms with Crippen LogP contribution in [-0.4, -0.2) is 26.5 Å². The van der Waals surface area contributed by atoms with E-state index < -0.39 is 10.0 Å². The number of anilines is 1. The predicted octanol–water partition coefficient (Wildman–Crippen LogP) is 4.53. The second-order valence-corrected chi connectivity index (χ2v) is 9.45. The minimum atomic E-state index is -3.36. The Morgan fingerprint density at radius 1 is 1.03 bits per heavy atom. The van der Waals surface area contributed by atoms with Gasteiger partial charge in [-0.05, 0) is 60.0 Å². The van der Waals surface area contributed by atoms with E-state index in [-0.39, 0.29) is 17.6 Å². The first-order valence-electron chi connectivity index (χ1n) is 9.41. The fourth-order valence-corrected chi connectivity index (χ4v) is 5.56. The molecule has 0 spiro atoms. The molecule has 1 aliphatic heterocycles. The van der Waals surface area contributed by atoms with Crippen molar-refractivity contribution in [2.75, 3.05) is 10.6 Å². The van der Waals surface area contributed by atoms with E-state index in [9.17, 15) is 13.2 Å². The SMILES string of the molecule is C[C@@H]1Cc2cc(C(=O)c3cc4c(ccc5ccccc54)o3)ccc2N1S(C)(=O)=O. The first-order valence-corrected chi connectivity index (χ1v) is 11.3. The molecule has 29 heavy (non-hydrogen) atoms. The number of benzene rings is 3. The number of furan rings is 1. The number of fused-ring (bicyclic) bond motifs is 4. The summed E-state index contributed by atoms with van der Waals surface area (Å²) in [5.41, 5.74) is 2.67. The lowest BCUT2D eigenvalue weighted by atomic mass is 10.0. The zero-order valence-corrected chi connectivity index (χ0v) is 16.9. The fraction of sp³-hybridized carbons (Fsp3) is 0.174. The van der Waals surface area contributed by atoms with E-state index in [0.29, 0.717) is 23.3 Å². The van der Waals surface area contributed by atoms with Gasteiger partial charge in [-0.15, -0.1) is 0 Å². The van der Waals surface area contributed by atoms with E-state index in [1.807, 2.05) is 43.3 Å². The average molecular weight is 405 g/mol. The molecule has 4 aromatic rings. The number of hydrogen-bond donors (Lipinski definition) is 0. The van der Waals surface area contributed by atoms with Crippen LogP contribution in [0.15, 0.2) is 65.1 Å². The van der Waals surface area contributed by atoms with Crippen molar-refractivity contribution in [2.45, 2.75) is 19.4 Å². The third-order valence-electron chi connectivity index (χ3n) is 5.50. The van der Waals surface area contributed by atoms with Crippen molar-refractivity contribution in [3.05, 3.63) is 77.6 Å². The summed E-state index contributed by atoms with van der Waals surface area (Å²) in [6.45, 7) is 1.87. The molecular weight excluding hydrogens is 386 g/mol. The number of carbonyl (C=O) groups excluding carboxylic acids is 1. The summed E-state index contributed by atoms with van der Waals surface area (Å²) >= 11 is 0. The standard InChI is InChI=1S/C23H19NO4S/c1-14-11-17-12-16(7-9-20(17)24(14)29(2,26)27)23(25)22-13-19-18-6-4-3-5-15(18)8-10-21(19)28-22/h3-10,12-14H,11H2,1-2H3/t14-/m1/s1. The van der Waals surface area contributed by atoms with E-state index >= 15 is 0 Å². The van der Waals surface area contributed by atoms with Crippen LogP contribution in [0.3, 0.4) is 0 Å². The molecule has 1 aromatic heterocycles. The first kappa shape index (κ1) is 17.9. The van der Waals surface area contributed by atoms with Crippen LogP contribution >= 0.6 is 0 Å². The largest absolute Gasteiger partial charge is 0.453 e. The summed E-state index contributed by atoms with van der Waals surface area (Å²) < 4.78 is 31.5. The quantitative estimate of drug-likeness (QED) is 0.470. The molecule has 6 heteroatoms. The molecule has 0 N–H and O–H groups in total. The average Bonchev–Trinajstić information content (AvgIpc) is 3.26. The summed E-state index contributed by atoms with van der Waals surface area (Å²) in [4.78, 5) is 13.1. The number of hydrogen-bond acceptors (Lipinski definition) is 4. The number of carbonyl (C=O) groups is 1. The van der Waals surface area contributed by atoms with Gasteiger partial charge < -0.3 is 4.42 Å². The van der Waals surface area contributed by atoms with Crippen LogP contribution in [0.4, 0.5) is 5.69 Å². The van der Waals surface area contributed by atoms with Crippen LogP contribution in [0.1, 0.15) is 28.6 Å². The van der Waals surface area contributed by atoms with Gasteiger partial charge in [0.05, 0.1) is 11.9 Å². The van der Waals surface area contributed by atoms with Crippen molar-refractivity contribution in [1.29, 1.82) is 0 Å². The summed E-state index contributed by atoms with van der Waals surface area (Å²) in [5.74, 6) is 0.0702. The van der Waals surface area contributed by atoms with Crippen LogP contribution in [0.25, 0.3) is 21.7 Å². The van der Waals surface area contributed by atoms with Gasteiger partial charge in [0.15, 0.2) is 5.76 Å². The summed E-state index contributed by atoms with van der Waals surface area (Å²) in [6.07, 6.45) is 1.78. The van der Waals surface area contributed by atoms with Gasteiger partial charge in [0.1, 0.15) is 5.58 Å². The minimum absolute atomic E-state index is 0.164. The molecule has 0 saturated heterocycles. The maximum absolute atomic E-state index is 13.1. The van der Waals surface area contributed by atoms with Crippen LogP contribution in [0.5, 0.6) is 0 Å². The van der Waals surface area contributed by atoms with Crippen molar-refractivity contribution >= 4 is 43.2 Å². The van der Waals surface area contributed by atoms with Gasteiger partial charge in [0, 0.05) is 17.0 Å². The van der Waals surface area contributed by atoms with E-state index in [1.165, 1.54) is 10.6 Å². The third-order valence-corrected chi connectivity index (χ3v) is 6.77. The van der Waals surface area contributed by atoms with Gasteiger partial charge in [-0.1, -0.05) is 30.3 Å². The highest BCUT2D eigenvalue weighted by Crippen LogP contribution is 2.35. The Morgan fingerprint density at radius 3 is 2.62 bits per heavy atom. The predicted molar refractivity (Wildman–Crippen MR) is 114 cm³/mol. The normalized spacial score (nSPS) is 16.5. The van der Waals surface area contributed by atoms with E-state index in [0.717, 1.165) is 21.7 Å². The molecule has 0 saturated carbocycles. The lowest BCUT2D eigenvalue weighted by molar-refractivity contribution is 0.101. The Bertz CT molecular complexity index is 1400. The second kappa shape index (κ2) is 6.19. The van der Waals surface area contributed by atoms with Crippen molar-refractivity contribution in [3.8, 4) is 0 Å². The Balaban J connectivity index is 1.57.